The fourth-order valence-electron chi connectivity index (χ4n) is 4.19. The maximum Gasteiger partial charge on any atom is 0.242 e. The first-order chi connectivity index (χ1) is 18.0. The van der Waals surface area contributed by atoms with Crippen LogP contribution in [0.25, 0.3) is 0 Å². The number of amides is 3. The molecule has 0 bridgehead atoms. The van der Waals surface area contributed by atoms with Gasteiger partial charge in [0.1, 0.15) is 17.8 Å². The molecule has 1 aliphatic rings. The highest BCUT2D eigenvalue weighted by molar-refractivity contribution is 5.92. The third kappa shape index (κ3) is 10.2. The van der Waals surface area contributed by atoms with Gasteiger partial charge in [-0.2, -0.15) is 0 Å². The Labute approximate surface area is 220 Å². The normalized spacial score (nSPS) is 19.3. The Bertz CT molecular complexity index is 981. The van der Waals surface area contributed by atoms with Crippen molar-refractivity contribution in [3.05, 3.63) is 39.9 Å². The molecule has 38 heavy (non-hydrogen) atoms. The smallest absolute Gasteiger partial charge is 0.242 e. The van der Waals surface area contributed by atoms with Crippen LogP contribution in [0.3, 0.4) is 0 Å². The zero-order valence-corrected chi connectivity index (χ0v) is 21.4. The van der Waals surface area contributed by atoms with Crippen molar-refractivity contribution in [3.63, 3.8) is 0 Å². The van der Waals surface area contributed by atoms with Crippen molar-refractivity contribution in [3.8, 4) is 5.75 Å². The molecule has 1 saturated carbocycles. The topological polar surface area (TPSA) is 239 Å². The molecule has 10 N–H and O–H groups in total. The van der Waals surface area contributed by atoms with Gasteiger partial charge in [0.15, 0.2) is 5.96 Å². The van der Waals surface area contributed by atoms with E-state index in [-0.39, 0.29) is 35.5 Å². The number of nitrogens with two attached hydrogens (primary N) is 2. The summed E-state index contributed by atoms with van der Waals surface area (Å²) in [5, 5.41) is 38.3. The van der Waals surface area contributed by atoms with Gasteiger partial charge in [-0.05, 0) is 56.7 Å². The maximum absolute atomic E-state index is 13.0. The van der Waals surface area contributed by atoms with Gasteiger partial charge < -0.3 is 37.8 Å². The number of nitrogens with zero attached hydrogens (tertiary/aromatic N) is 1. The SMILES string of the molecule is C[C@H](NC(=O)[C@@H](N)Cc1ccc(O)cc1)C(=O)N[C@@H](CCCNC(=N)N)C(=O)NC1CCC([N+](=O)[O-])CC1. The molecule has 2 rings (SSSR count). The molecular formula is C24H38N8O6. The third-order valence-electron chi connectivity index (χ3n) is 6.44. The molecule has 1 fully saturated rings. The van der Waals surface area contributed by atoms with Crippen LogP contribution in [0.2, 0.25) is 0 Å². The summed E-state index contributed by atoms with van der Waals surface area (Å²) >= 11 is 0. The molecule has 1 aromatic carbocycles. The van der Waals surface area contributed by atoms with Crippen LogP contribution in [0.4, 0.5) is 0 Å². The van der Waals surface area contributed by atoms with Crippen LogP contribution in [0.15, 0.2) is 24.3 Å². The number of hydrogen-bond acceptors (Lipinski definition) is 8. The Hall–Kier alpha value is -3.94. The largest absolute Gasteiger partial charge is 0.508 e. The summed E-state index contributed by atoms with van der Waals surface area (Å²) in [7, 11) is 0. The quantitative estimate of drug-likeness (QED) is 0.0519. The van der Waals surface area contributed by atoms with Crippen molar-refractivity contribution >= 4 is 23.7 Å². The lowest BCUT2D eigenvalue weighted by Crippen LogP contribution is -2.56. The fourth-order valence-corrected chi connectivity index (χ4v) is 4.19. The standard InChI is InChI=1S/C24H38N8O6/c1-14(29-22(35)19(25)13-15-4-10-18(33)11-5-15)21(34)31-20(3-2-12-28-24(26)27)23(36)30-16-6-8-17(9-7-16)32(37)38/h4-5,10-11,14,16-17,19-20,33H,2-3,6-9,12-13,25H2,1H3,(H,29,35)(H,30,36)(H,31,34)(H4,26,27,28)/t14-,16?,17?,19-,20-/m0/s1. The van der Waals surface area contributed by atoms with Crippen LogP contribution in [-0.4, -0.2) is 70.5 Å². The van der Waals surface area contributed by atoms with E-state index in [1.807, 2.05) is 0 Å². The number of guanidine groups is 1. The van der Waals surface area contributed by atoms with Crippen molar-refractivity contribution in [1.29, 1.82) is 5.41 Å². The minimum atomic E-state index is -0.977. The maximum atomic E-state index is 13.0. The first-order valence-corrected chi connectivity index (χ1v) is 12.6. The lowest BCUT2D eigenvalue weighted by atomic mass is 9.91. The number of rotatable bonds is 13. The van der Waals surface area contributed by atoms with E-state index in [9.17, 15) is 29.6 Å². The number of nitro groups is 1. The molecule has 14 nitrogen and oxygen atoms in total. The van der Waals surface area contributed by atoms with Crippen LogP contribution in [0.1, 0.15) is 51.0 Å². The fraction of sp³-hybridized carbons (Fsp3) is 0.583. The van der Waals surface area contributed by atoms with E-state index in [0.29, 0.717) is 38.6 Å². The molecule has 3 atom stereocenters. The Morgan fingerprint density at radius 2 is 1.74 bits per heavy atom. The van der Waals surface area contributed by atoms with Crippen molar-refractivity contribution in [2.45, 2.75) is 82.1 Å². The van der Waals surface area contributed by atoms with E-state index in [1.54, 1.807) is 12.1 Å². The van der Waals surface area contributed by atoms with Gasteiger partial charge in [-0.25, -0.2) is 0 Å². The van der Waals surface area contributed by atoms with Gasteiger partial charge in [0.2, 0.25) is 23.8 Å². The monoisotopic (exact) mass is 534 g/mol. The Morgan fingerprint density at radius 1 is 1.11 bits per heavy atom. The molecule has 0 unspecified atom stereocenters. The highest BCUT2D eigenvalue weighted by Gasteiger charge is 2.31. The predicted octanol–water partition coefficient (Wildman–Crippen LogP) is -0.781. The number of aromatic hydroxyl groups is 1. The molecule has 0 saturated heterocycles. The van der Waals surface area contributed by atoms with Crippen molar-refractivity contribution in [2.24, 2.45) is 11.5 Å². The van der Waals surface area contributed by atoms with Gasteiger partial charge in [-0.3, -0.25) is 29.9 Å². The second-order valence-electron chi connectivity index (χ2n) is 9.55. The van der Waals surface area contributed by atoms with Crippen molar-refractivity contribution < 1.29 is 24.4 Å². The van der Waals surface area contributed by atoms with Gasteiger partial charge in [-0.15, -0.1) is 0 Å². The molecule has 0 heterocycles. The Kier molecular flexibility index (Phi) is 11.7. The highest BCUT2D eigenvalue weighted by Crippen LogP contribution is 2.21. The first kappa shape index (κ1) is 30.3. The molecule has 1 aromatic rings. The van der Waals surface area contributed by atoms with Gasteiger partial charge in [-0.1, -0.05) is 12.1 Å². The minimum absolute atomic E-state index is 0.0944. The second kappa shape index (κ2) is 14.7. The molecule has 210 valence electrons. The van der Waals surface area contributed by atoms with Crippen molar-refractivity contribution in [1.82, 2.24) is 21.3 Å². The predicted molar refractivity (Wildman–Crippen MR) is 140 cm³/mol. The van der Waals surface area contributed by atoms with E-state index >= 15 is 0 Å². The van der Waals surface area contributed by atoms with E-state index in [1.165, 1.54) is 19.1 Å². The number of hydrogen-bond donors (Lipinski definition) is 8. The van der Waals surface area contributed by atoms with E-state index in [2.05, 4.69) is 21.3 Å². The summed E-state index contributed by atoms with van der Waals surface area (Å²) in [6.07, 6.45) is 2.53. The van der Waals surface area contributed by atoms with E-state index in [0.717, 1.165) is 5.56 Å². The summed E-state index contributed by atoms with van der Waals surface area (Å²) in [6, 6.07) is 2.59. The highest BCUT2D eigenvalue weighted by atomic mass is 16.6. The van der Waals surface area contributed by atoms with Crippen molar-refractivity contribution in [2.75, 3.05) is 6.54 Å². The molecule has 0 aliphatic heterocycles. The lowest BCUT2D eigenvalue weighted by Gasteiger charge is -2.28. The minimum Gasteiger partial charge on any atom is -0.508 e. The van der Waals surface area contributed by atoms with Crippen LogP contribution >= 0.6 is 0 Å². The van der Waals surface area contributed by atoms with Gasteiger partial charge in [0, 0.05) is 30.4 Å². The zero-order valence-electron chi connectivity index (χ0n) is 21.4. The van der Waals surface area contributed by atoms with Crippen LogP contribution in [-0.2, 0) is 20.8 Å². The van der Waals surface area contributed by atoms with Gasteiger partial charge in [0.05, 0.1) is 6.04 Å². The molecule has 14 heteroatoms. The molecular weight excluding hydrogens is 496 g/mol. The first-order valence-electron chi connectivity index (χ1n) is 12.6. The van der Waals surface area contributed by atoms with Gasteiger partial charge in [0.25, 0.3) is 0 Å². The second-order valence-corrected chi connectivity index (χ2v) is 9.55. The summed E-state index contributed by atoms with van der Waals surface area (Å²) in [6.45, 7) is 1.80. The Morgan fingerprint density at radius 3 is 2.32 bits per heavy atom. The van der Waals surface area contributed by atoms with E-state index < -0.39 is 41.9 Å². The van der Waals surface area contributed by atoms with E-state index in [4.69, 9.17) is 16.9 Å². The molecule has 0 radical (unpaired) electrons. The summed E-state index contributed by atoms with van der Waals surface area (Å²) < 4.78 is 0. The summed E-state index contributed by atoms with van der Waals surface area (Å²) in [5.41, 5.74) is 12.0. The molecule has 0 spiro atoms. The van der Waals surface area contributed by atoms with Crippen LogP contribution in [0.5, 0.6) is 5.75 Å². The average Bonchev–Trinajstić information content (AvgIpc) is 2.87. The molecule has 1 aliphatic carbocycles. The Balaban J connectivity index is 1.92. The van der Waals surface area contributed by atoms with Crippen LogP contribution in [0, 0.1) is 15.5 Å². The average molecular weight is 535 g/mol. The van der Waals surface area contributed by atoms with Crippen LogP contribution < -0.4 is 32.7 Å². The van der Waals surface area contributed by atoms with Gasteiger partial charge >= 0.3 is 0 Å². The number of carbonyl (C=O) groups excluding carboxylic acids is 3. The number of carbonyl (C=O) groups is 3. The zero-order chi connectivity index (χ0) is 28.2. The third-order valence-corrected chi connectivity index (χ3v) is 6.44. The number of nitrogens with one attached hydrogen (secondary N) is 5. The lowest BCUT2D eigenvalue weighted by molar-refractivity contribution is -0.526. The number of phenolic OH excluding ortho intramolecular Hbond substituents is 1. The number of benzene rings is 1. The molecule has 3 amide bonds. The molecule has 0 aromatic heterocycles. The number of phenols is 1. The summed E-state index contributed by atoms with van der Waals surface area (Å²) in [4.78, 5) is 49.1. The summed E-state index contributed by atoms with van der Waals surface area (Å²) in [5.74, 6) is -1.66.